The van der Waals surface area contributed by atoms with Crippen molar-refractivity contribution < 1.29 is 42.9 Å². The van der Waals surface area contributed by atoms with Crippen LogP contribution in [0.1, 0.15) is 107 Å². The van der Waals surface area contributed by atoms with Gasteiger partial charge in [0.25, 0.3) is 0 Å². The van der Waals surface area contributed by atoms with Gasteiger partial charge in [-0.05, 0) is 122 Å². The summed E-state index contributed by atoms with van der Waals surface area (Å²) in [5.74, 6) is 1.90. The van der Waals surface area contributed by atoms with E-state index >= 15 is 0 Å². The Morgan fingerprint density at radius 3 is 1.91 bits per heavy atom. The second-order valence-electron chi connectivity index (χ2n) is 18.9. The summed E-state index contributed by atoms with van der Waals surface area (Å²) in [4.78, 5) is 75.2. The Balaban J connectivity index is 0.901. The van der Waals surface area contributed by atoms with Crippen molar-refractivity contribution in [3.8, 4) is 28.1 Å². The van der Waals surface area contributed by atoms with Crippen molar-refractivity contribution in [2.45, 2.75) is 121 Å². The molecular formula is C51H62N8O9. The first-order chi connectivity index (χ1) is 33.2. The Morgan fingerprint density at radius 1 is 0.721 bits per heavy atom. The Morgan fingerprint density at radius 2 is 1.32 bits per heavy atom. The molecule has 6 atom stereocenters. The summed E-state index contributed by atoms with van der Waals surface area (Å²) in [6.07, 6.45) is 8.10. The van der Waals surface area contributed by atoms with Gasteiger partial charge < -0.3 is 54.1 Å². The van der Waals surface area contributed by atoms with Gasteiger partial charge in [0, 0.05) is 49.5 Å². The molecule has 10 rings (SSSR count). The second-order valence-corrected chi connectivity index (χ2v) is 18.9. The number of carbonyl (C=O) groups is 4. The summed E-state index contributed by atoms with van der Waals surface area (Å²) in [5, 5.41) is 7.75. The van der Waals surface area contributed by atoms with E-state index in [-0.39, 0.29) is 47.8 Å². The first-order valence-electron chi connectivity index (χ1n) is 24.4. The molecule has 17 heteroatoms. The van der Waals surface area contributed by atoms with Crippen LogP contribution in [-0.2, 0) is 35.1 Å². The number of H-pyrrole nitrogens is 2. The van der Waals surface area contributed by atoms with Crippen LogP contribution in [0.15, 0.2) is 48.7 Å². The third-order valence-corrected chi connectivity index (χ3v) is 15.3. The number of likely N-dealkylation sites (tertiary alicyclic amines) is 2. The zero-order chi connectivity index (χ0) is 47.1. The molecule has 2 aromatic heterocycles. The number of hydrogen-bond acceptors (Lipinski definition) is 11. The number of fused-ring (bicyclic) bond motifs is 6. The van der Waals surface area contributed by atoms with Crippen LogP contribution in [0, 0.1) is 11.8 Å². The predicted octanol–water partition coefficient (Wildman–Crippen LogP) is 7.85. The van der Waals surface area contributed by atoms with Crippen LogP contribution in [0.5, 0.6) is 5.75 Å². The quantitative estimate of drug-likeness (QED) is 0.100. The molecule has 0 bridgehead atoms. The maximum Gasteiger partial charge on any atom is 0.407 e. The molecular weight excluding hydrogens is 869 g/mol. The highest BCUT2D eigenvalue weighted by molar-refractivity contribution is 6.07. The van der Waals surface area contributed by atoms with E-state index < -0.39 is 24.3 Å². The van der Waals surface area contributed by atoms with Crippen LogP contribution in [0.25, 0.3) is 44.2 Å². The monoisotopic (exact) mass is 930 g/mol. The highest BCUT2D eigenvalue weighted by Gasteiger charge is 2.46. The van der Waals surface area contributed by atoms with Gasteiger partial charge in [0.2, 0.25) is 11.8 Å². The summed E-state index contributed by atoms with van der Waals surface area (Å²) < 4.78 is 27.6. The molecule has 4 N–H and O–H groups in total. The average Bonchev–Trinajstić information content (AvgIpc) is 4.22. The minimum Gasteiger partial charge on any atom is -0.488 e. The van der Waals surface area contributed by atoms with Gasteiger partial charge in [-0.2, -0.15) is 0 Å². The third kappa shape index (κ3) is 8.52. The van der Waals surface area contributed by atoms with E-state index in [1.807, 2.05) is 22.1 Å². The van der Waals surface area contributed by atoms with Gasteiger partial charge in [-0.25, -0.2) is 19.6 Å². The topological polar surface area (TPSA) is 202 Å². The lowest BCUT2D eigenvalue weighted by atomic mass is 9.90. The number of ether oxygens (including phenoxy) is 5. The third-order valence-electron chi connectivity index (χ3n) is 15.3. The Labute approximate surface area is 395 Å². The maximum atomic E-state index is 14.6. The lowest BCUT2D eigenvalue weighted by Gasteiger charge is -2.36. The lowest BCUT2D eigenvalue weighted by molar-refractivity contribution is -0.139. The Hall–Kier alpha value is -6.20. The number of imidazole rings is 2. The standard InChI is InChI=1S/C51H62N8O9/c1-5-33-9-13-40(58(33)48(60)43(56-50(62)64-3)28-15-19-66-20-16-28)46-52-26-39(54-46)31-7-11-35-32(23-31)27-68-42-25-36-30(24-37(35)42)8-12-38-45(36)55-47(53-38)41-14-10-34(6-2)59(41)49(61)44(57-51(63)65-4)29-17-21-67-22-18-29/h7-8,11-12,23-26,28-29,33-34,40-41,43-44H,5-6,9-10,13-22,27H2,1-4H3,(H,52,54)(H,53,55)(H,56,62)(H,57,63)/t33-,34-,40-,41-,43?,44-/m0/s1. The molecule has 4 fully saturated rings. The summed E-state index contributed by atoms with van der Waals surface area (Å²) in [6, 6.07) is 12.8. The van der Waals surface area contributed by atoms with Crippen molar-refractivity contribution in [3.63, 3.8) is 0 Å². The number of carbonyl (C=O) groups excluding carboxylic acids is 4. The molecule has 5 aliphatic rings. The molecule has 0 saturated carbocycles. The zero-order valence-electron chi connectivity index (χ0n) is 39.3. The number of aromatic amines is 2. The SMILES string of the molecule is CC[C@H]1CC[C@@H](c2ncc(-c3ccc4c(c3)COc3cc5c(ccc6nc([C@@H]7CC[C@H](CC)N7C(=O)[C@@H](NC(=O)OC)C7CCOCC7)[nH]c65)cc3-4)[nH]2)N1C(=O)C(NC(=O)OC)C1CCOCC1. The number of alkyl carbamates (subject to hydrolysis) is 2. The van der Waals surface area contributed by atoms with Gasteiger partial charge in [0.05, 0.1) is 49.2 Å². The first kappa shape index (κ1) is 45.6. The van der Waals surface area contributed by atoms with E-state index in [1.54, 1.807) is 0 Å². The van der Waals surface area contributed by atoms with Crippen LogP contribution in [0.4, 0.5) is 9.59 Å². The number of hydrogen-bond donors (Lipinski definition) is 4. The van der Waals surface area contributed by atoms with Crippen LogP contribution in [0.2, 0.25) is 0 Å². The molecule has 360 valence electrons. The van der Waals surface area contributed by atoms with Crippen molar-refractivity contribution in [2.24, 2.45) is 11.8 Å². The number of methoxy groups -OCH3 is 2. The van der Waals surface area contributed by atoms with E-state index in [0.717, 1.165) is 106 Å². The van der Waals surface area contributed by atoms with Gasteiger partial charge >= 0.3 is 12.2 Å². The van der Waals surface area contributed by atoms with Crippen molar-refractivity contribution in [2.75, 3.05) is 40.6 Å². The zero-order valence-corrected chi connectivity index (χ0v) is 39.3. The number of nitrogens with zero attached hydrogens (tertiary/aromatic N) is 4. The van der Waals surface area contributed by atoms with Gasteiger partial charge in [0.15, 0.2) is 0 Å². The number of amides is 4. The molecule has 17 nitrogen and oxygen atoms in total. The molecule has 0 aliphatic carbocycles. The Bertz CT molecular complexity index is 2690. The molecule has 5 aromatic rings. The van der Waals surface area contributed by atoms with Crippen LogP contribution < -0.4 is 15.4 Å². The lowest BCUT2D eigenvalue weighted by Crippen LogP contribution is -2.54. The van der Waals surface area contributed by atoms with E-state index in [4.69, 9.17) is 33.7 Å². The summed E-state index contributed by atoms with van der Waals surface area (Å²) in [5.41, 5.74) is 6.62. The maximum absolute atomic E-state index is 14.6. The van der Waals surface area contributed by atoms with Gasteiger partial charge in [-0.1, -0.05) is 32.0 Å². The average molecular weight is 931 g/mol. The first-order valence-corrected chi connectivity index (χ1v) is 24.4. The summed E-state index contributed by atoms with van der Waals surface area (Å²) >= 11 is 0. The van der Waals surface area contributed by atoms with E-state index in [2.05, 4.69) is 70.8 Å². The highest BCUT2D eigenvalue weighted by Crippen LogP contribution is 2.45. The van der Waals surface area contributed by atoms with Crippen molar-refractivity contribution in [1.29, 1.82) is 0 Å². The molecule has 3 aromatic carbocycles. The van der Waals surface area contributed by atoms with E-state index in [0.29, 0.717) is 58.7 Å². The van der Waals surface area contributed by atoms with E-state index in [1.165, 1.54) is 14.2 Å². The van der Waals surface area contributed by atoms with Crippen LogP contribution in [-0.4, -0.2) is 119 Å². The smallest absolute Gasteiger partial charge is 0.407 e. The molecule has 0 spiro atoms. The normalized spacial score (nSPS) is 22.9. The molecule has 7 heterocycles. The summed E-state index contributed by atoms with van der Waals surface area (Å²) in [6.45, 7) is 6.76. The van der Waals surface area contributed by atoms with Crippen LogP contribution >= 0.6 is 0 Å². The van der Waals surface area contributed by atoms with Crippen LogP contribution in [0.3, 0.4) is 0 Å². The number of rotatable bonds is 11. The molecule has 4 amide bonds. The fourth-order valence-corrected chi connectivity index (χ4v) is 11.6. The van der Waals surface area contributed by atoms with E-state index in [9.17, 15) is 19.2 Å². The molecule has 0 radical (unpaired) electrons. The minimum atomic E-state index is -0.723. The van der Waals surface area contributed by atoms with Crippen molar-refractivity contribution >= 4 is 45.8 Å². The fourth-order valence-electron chi connectivity index (χ4n) is 11.6. The largest absolute Gasteiger partial charge is 0.488 e. The number of benzene rings is 3. The minimum absolute atomic E-state index is 0.0102. The number of aromatic nitrogens is 4. The van der Waals surface area contributed by atoms with Gasteiger partial charge in [0.1, 0.15) is 36.1 Å². The molecule has 1 unspecified atom stereocenters. The van der Waals surface area contributed by atoms with Gasteiger partial charge in [-0.15, -0.1) is 0 Å². The predicted molar refractivity (Wildman–Crippen MR) is 252 cm³/mol. The van der Waals surface area contributed by atoms with Crippen molar-refractivity contribution in [1.82, 2.24) is 40.4 Å². The Kier molecular flexibility index (Phi) is 13.0. The van der Waals surface area contributed by atoms with Gasteiger partial charge in [-0.3, -0.25) is 9.59 Å². The highest BCUT2D eigenvalue weighted by atomic mass is 16.5. The molecule has 68 heavy (non-hydrogen) atoms. The molecule has 5 aliphatic heterocycles. The fraction of sp³-hybridized carbons (Fsp3) is 0.529. The van der Waals surface area contributed by atoms with Crippen molar-refractivity contribution in [3.05, 3.63) is 65.9 Å². The summed E-state index contributed by atoms with van der Waals surface area (Å²) in [7, 11) is 2.64. The molecule has 4 saturated heterocycles. The number of nitrogens with one attached hydrogen (secondary N) is 4. The second kappa shape index (κ2) is 19.4.